The minimum atomic E-state index is 0.299. The highest BCUT2D eigenvalue weighted by Gasteiger charge is 2.37. The van der Waals surface area contributed by atoms with Gasteiger partial charge in [0.05, 0.1) is 6.54 Å². The number of para-hydroxylation sites is 1. The molecule has 2 atom stereocenters. The fraction of sp³-hybridized carbons (Fsp3) is 0.708. The Morgan fingerprint density at radius 3 is 2.62 bits per heavy atom. The lowest BCUT2D eigenvalue weighted by atomic mass is 10.1. The minimum absolute atomic E-state index is 0.299. The summed E-state index contributed by atoms with van der Waals surface area (Å²) in [5.74, 6) is 0.299. The SMILES string of the molecule is CC(C)N1[C@H]2CCNc3ccccc3CN(C(=O)CN3CCCCC3)C[C@@H]1CC2. The predicted octanol–water partition coefficient (Wildman–Crippen LogP) is 3.56. The Hall–Kier alpha value is -1.59. The molecule has 1 N–H and O–H groups in total. The van der Waals surface area contributed by atoms with Crippen molar-refractivity contribution in [1.82, 2.24) is 14.7 Å². The number of piperidine rings is 1. The van der Waals surface area contributed by atoms with Gasteiger partial charge in [-0.2, -0.15) is 0 Å². The van der Waals surface area contributed by atoms with Crippen molar-refractivity contribution in [2.45, 2.75) is 77.0 Å². The molecule has 2 bridgehead atoms. The van der Waals surface area contributed by atoms with Gasteiger partial charge in [-0.25, -0.2) is 0 Å². The number of hydrogen-bond acceptors (Lipinski definition) is 4. The molecule has 0 radical (unpaired) electrons. The largest absolute Gasteiger partial charge is 0.385 e. The number of likely N-dealkylation sites (tertiary alicyclic amines) is 1. The standard InChI is InChI=1S/C24H38N4O/c1-19(2)28-21-10-11-22(28)17-27(24(29)18-26-14-6-3-7-15-26)16-20-8-4-5-9-23(20)25-13-12-21/h4-5,8-9,19,21-22,25H,3,6-7,10-18H2,1-2H3/t21-,22+/m1/s1. The molecule has 2 fully saturated rings. The number of hydrogen-bond donors (Lipinski definition) is 1. The van der Waals surface area contributed by atoms with E-state index in [2.05, 4.69) is 58.1 Å². The van der Waals surface area contributed by atoms with Crippen LogP contribution in [0.4, 0.5) is 5.69 Å². The summed E-state index contributed by atoms with van der Waals surface area (Å²) in [6.45, 7) is 9.91. The van der Waals surface area contributed by atoms with E-state index in [1.165, 1.54) is 49.8 Å². The summed E-state index contributed by atoms with van der Waals surface area (Å²) in [6.07, 6.45) is 7.39. The summed E-state index contributed by atoms with van der Waals surface area (Å²) in [5.41, 5.74) is 2.44. The lowest BCUT2D eigenvalue weighted by molar-refractivity contribution is -0.134. The number of rotatable bonds is 3. The van der Waals surface area contributed by atoms with Crippen molar-refractivity contribution >= 4 is 11.6 Å². The van der Waals surface area contributed by atoms with E-state index in [0.29, 0.717) is 37.1 Å². The third-order valence-electron chi connectivity index (χ3n) is 7.04. The fourth-order valence-electron chi connectivity index (χ4n) is 5.63. The van der Waals surface area contributed by atoms with E-state index in [4.69, 9.17) is 0 Å². The number of carbonyl (C=O) groups is 1. The van der Waals surface area contributed by atoms with Crippen molar-refractivity contribution in [2.24, 2.45) is 0 Å². The van der Waals surface area contributed by atoms with Crippen LogP contribution >= 0.6 is 0 Å². The molecule has 0 aliphatic carbocycles. The van der Waals surface area contributed by atoms with E-state index < -0.39 is 0 Å². The van der Waals surface area contributed by atoms with Gasteiger partial charge in [-0.3, -0.25) is 14.6 Å². The number of nitrogens with zero attached hydrogens (tertiary/aromatic N) is 3. The predicted molar refractivity (Wildman–Crippen MR) is 119 cm³/mol. The van der Waals surface area contributed by atoms with Crippen molar-refractivity contribution in [3.05, 3.63) is 29.8 Å². The molecule has 1 aromatic carbocycles. The van der Waals surface area contributed by atoms with E-state index in [0.717, 1.165) is 26.2 Å². The number of nitrogens with one attached hydrogen (secondary N) is 1. The Morgan fingerprint density at radius 1 is 1.07 bits per heavy atom. The molecule has 1 amide bonds. The highest BCUT2D eigenvalue weighted by atomic mass is 16.2. The Labute approximate surface area is 176 Å². The van der Waals surface area contributed by atoms with Crippen LogP contribution in [0, 0.1) is 0 Å². The molecular formula is C24H38N4O. The van der Waals surface area contributed by atoms with Gasteiger partial charge in [0.1, 0.15) is 0 Å². The first-order valence-corrected chi connectivity index (χ1v) is 11.7. The van der Waals surface area contributed by atoms with Crippen LogP contribution in [0.2, 0.25) is 0 Å². The van der Waals surface area contributed by atoms with E-state index >= 15 is 0 Å². The number of fused-ring (bicyclic) bond motifs is 3. The van der Waals surface area contributed by atoms with Crippen LogP contribution in [0.25, 0.3) is 0 Å². The normalized spacial score (nSPS) is 26.7. The summed E-state index contributed by atoms with van der Waals surface area (Å²) in [7, 11) is 0. The van der Waals surface area contributed by atoms with Crippen molar-refractivity contribution < 1.29 is 4.79 Å². The molecule has 0 unspecified atom stereocenters. The Morgan fingerprint density at radius 2 is 1.83 bits per heavy atom. The number of amides is 1. The summed E-state index contributed by atoms with van der Waals surface area (Å²) in [6, 6.07) is 10.2. The Balaban J connectivity index is 1.57. The highest BCUT2D eigenvalue weighted by Crippen LogP contribution is 2.31. The van der Waals surface area contributed by atoms with E-state index in [9.17, 15) is 4.79 Å². The maximum Gasteiger partial charge on any atom is 0.237 e. The minimum Gasteiger partial charge on any atom is -0.385 e. The van der Waals surface area contributed by atoms with E-state index in [1.807, 2.05) is 0 Å². The summed E-state index contributed by atoms with van der Waals surface area (Å²) >= 11 is 0. The molecule has 3 aliphatic rings. The number of anilines is 1. The fourth-order valence-corrected chi connectivity index (χ4v) is 5.63. The van der Waals surface area contributed by atoms with Gasteiger partial charge in [0, 0.05) is 43.4 Å². The second-order valence-electron chi connectivity index (χ2n) is 9.41. The van der Waals surface area contributed by atoms with Gasteiger partial charge in [0.2, 0.25) is 5.91 Å². The van der Waals surface area contributed by atoms with Gasteiger partial charge in [0.15, 0.2) is 0 Å². The number of benzene rings is 1. The monoisotopic (exact) mass is 398 g/mol. The molecule has 29 heavy (non-hydrogen) atoms. The molecule has 160 valence electrons. The Bertz CT molecular complexity index is 685. The first-order valence-electron chi connectivity index (χ1n) is 11.7. The quantitative estimate of drug-likeness (QED) is 0.845. The van der Waals surface area contributed by atoms with Gasteiger partial charge < -0.3 is 10.2 Å². The van der Waals surface area contributed by atoms with E-state index in [-0.39, 0.29) is 0 Å². The van der Waals surface area contributed by atoms with Crippen LogP contribution in [0.15, 0.2) is 24.3 Å². The van der Waals surface area contributed by atoms with Crippen molar-refractivity contribution in [3.8, 4) is 0 Å². The zero-order valence-corrected chi connectivity index (χ0v) is 18.3. The zero-order valence-electron chi connectivity index (χ0n) is 18.3. The van der Waals surface area contributed by atoms with Crippen molar-refractivity contribution in [2.75, 3.05) is 38.0 Å². The average molecular weight is 399 g/mol. The molecule has 0 spiro atoms. The van der Waals surface area contributed by atoms with Gasteiger partial charge in [-0.15, -0.1) is 0 Å². The Kier molecular flexibility index (Phi) is 6.76. The third-order valence-corrected chi connectivity index (χ3v) is 7.04. The lowest BCUT2D eigenvalue weighted by Crippen LogP contribution is -2.50. The van der Waals surface area contributed by atoms with Crippen LogP contribution in [-0.2, 0) is 11.3 Å². The maximum absolute atomic E-state index is 13.4. The molecule has 5 heteroatoms. The molecule has 4 rings (SSSR count). The van der Waals surface area contributed by atoms with Crippen LogP contribution in [-0.4, -0.2) is 71.5 Å². The first-order chi connectivity index (χ1) is 14.1. The molecule has 0 aromatic heterocycles. The third kappa shape index (κ3) is 4.95. The average Bonchev–Trinajstić information content (AvgIpc) is 3.10. The molecule has 3 aliphatic heterocycles. The van der Waals surface area contributed by atoms with Gasteiger partial charge in [-0.05, 0) is 70.7 Å². The van der Waals surface area contributed by atoms with Crippen LogP contribution in [0.3, 0.4) is 0 Å². The van der Waals surface area contributed by atoms with Gasteiger partial charge >= 0.3 is 0 Å². The van der Waals surface area contributed by atoms with E-state index in [1.54, 1.807) is 0 Å². The zero-order chi connectivity index (χ0) is 20.2. The summed E-state index contributed by atoms with van der Waals surface area (Å²) < 4.78 is 0. The molecule has 3 heterocycles. The smallest absolute Gasteiger partial charge is 0.237 e. The molecule has 2 saturated heterocycles. The summed E-state index contributed by atoms with van der Waals surface area (Å²) in [5, 5.41) is 3.67. The van der Waals surface area contributed by atoms with Crippen LogP contribution < -0.4 is 5.32 Å². The van der Waals surface area contributed by atoms with Gasteiger partial charge in [-0.1, -0.05) is 24.6 Å². The molecule has 5 nitrogen and oxygen atoms in total. The van der Waals surface area contributed by atoms with Crippen LogP contribution in [0.1, 0.15) is 57.9 Å². The number of carbonyl (C=O) groups excluding carboxylic acids is 1. The van der Waals surface area contributed by atoms with Crippen molar-refractivity contribution in [3.63, 3.8) is 0 Å². The second kappa shape index (κ2) is 9.48. The highest BCUT2D eigenvalue weighted by molar-refractivity contribution is 5.78. The molecule has 1 aromatic rings. The summed E-state index contributed by atoms with van der Waals surface area (Å²) in [4.78, 5) is 20.6. The molecule has 0 saturated carbocycles. The van der Waals surface area contributed by atoms with Crippen molar-refractivity contribution in [1.29, 1.82) is 0 Å². The van der Waals surface area contributed by atoms with Crippen LogP contribution in [0.5, 0.6) is 0 Å². The second-order valence-corrected chi connectivity index (χ2v) is 9.41. The topological polar surface area (TPSA) is 38.8 Å². The maximum atomic E-state index is 13.4. The lowest BCUT2D eigenvalue weighted by Gasteiger charge is -2.37. The first kappa shape index (κ1) is 20.7. The molecular weight excluding hydrogens is 360 g/mol. The van der Waals surface area contributed by atoms with Gasteiger partial charge in [0.25, 0.3) is 0 Å².